The van der Waals surface area contributed by atoms with Crippen LogP contribution in [0.2, 0.25) is 0 Å². The van der Waals surface area contributed by atoms with Crippen LogP contribution >= 0.6 is 33.9 Å². The first-order valence-electron chi connectivity index (χ1n) is 6.81. The minimum absolute atomic E-state index is 0.00788. The summed E-state index contributed by atoms with van der Waals surface area (Å²) in [6.45, 7) is 0. The van der Waals surface area contributed by atoms with E-state index in [1.165, 1.54) is 29.5 Å². The summed E-state index contributed by atoms with van der Waals surface area (Å²) >= 11 is 3.49. The lowest BCUT2D eigenvalue weighted by molar-refractivity contribution is -0.385. The zero-order valence-corrected chi connectivity index (χ0v) is 15.1. The summed E-state index contributed by atoms with van der Waals surface area (Å²) in [4.78, 5) is 27.1. The molecule has 24 heavy (non-hydrogen) atoms. The van der Waals surface area contributed by atoms with Gasteiger partial charge in [-0.05, 0) is 40.8 Å². The van der Waals surface area contributed by atoms with Gasteiger partial charge in [0.2, 0.25) is 0 Å². The first kappa shape index (κ1) is 16.5. The van der Waals surface area contributed by atoms with Gasteiger partial charge in [0.1, 0.15) is 5.56 Å². The normalized spacial score (nSPS) is 10.4. The maximum absolute atomic E-state index is 12.3. The standard InChI is InChI=1S/C16H10IN3O3S/c17-11-7-5-10(6-8-11)13-9-24-16(18-13)19-15(21)12-3-1-2-4-14(12)20(22)23/h1-9H,(H,18,19,21). The average molecular weight is 451 g/mol. The minimum atomic E-state index is -0.576. The number of rotatable bonds is 4. The Balaban J connectivity index is 1.81. The van der Waals surface area contributed by atoms with Crippen molar-refractivity contribution in [3.63, 3.8) is 0 Å². The molecule has 1 N–H and O–H groups in total. The second kappa shape index (κ2) is 7.05. The summed E-state index contributed by atoms with van der Waals surface area (Å²) in [7, 11) is 0. The van der Waals surface area contributed by atoms with Crippen molar-refractivity contribution < 1.29 is 9.72 Å². The molecular weight excluding hydrogens is 441 g/mol. The topological polar surface area (TPSA) is 85.1 Å². The van der Waals surface area contributed by atoms with E-state index in [1.807, 2.05) is 29.6 Å². The summed E-state index contributed by atoms with van der Waals surface area (Å²) in [5.74, 6) is -0.550. The number of nitro groups is 1. The maximum Gasteiger partial charge on any atom is 0.282 e. The van der Waals surface area contributed by atoms with Gasteiger partial charge in [-0.1, -0.05) is 24.3 Å². The number of carbonyl (C=O) groups is 1. The summed E-state index contributed by atoms with van der Waals surface area (Å²) in [5, 5.41) is 15.9. The number of para-hydroxylation sites is 1. The van der Waals surface area contributed by atoms with Gasteiger partial charge in [-0.25, -0.2) is 4.98 Å². The van der Waals surface area contributed by atoms with E-state index in [9.17, 15) is 14.9 Å². The molecule has 1 aromatic heterocycles. The van der Waals surface area contributed by atoms with Gasteiger partial charge in [0.05, 0.1) is 10.6 Å². The van der Waals surface area contributed by atoms with E-state index in [-0.39, 0.29) is 11.3 Å². The van der Waals surface area contributed by atoms with Gasteiger partial charge in [0.25, 0.3) is 11.6 Å². The summed E-state index contributed by atoms with van der Waals surface area (Å²) < 4.78 is 1.12. The van der Waals surface area contributed by atoms with Crippen LogP contribution in [0.3, 0.4) is 0 Å². The second-order valence-corrected chi connectivity index (χ2v) is 6.88. The molecule has 0 unspecified atom stereocenters. The first-order valence-corrected chi connectivity index (χ1v) is 8.76. The lowest BCUT2D eigenvalue weighted by Crippen LogP contribution is -2.13. The van der Waals surface area contributed by atoms with Crippen molar-refractivity contribution in [2.75, 3.05) is 5.32 Å². The highest BCUT2D eigenvalue weighted by Gasteiger charge is 2.20. The number of halogens is 1. The Labute approximate surface area is 154 Å². The van der Waals surface area contributed by atoms with Gasteiger partial charge in [0, 0.05) is 20.6 Å². The van der Waals surface area contributed by atoms with Gasteiger partial charge in [-0.2, -0.15) is 0 Å². The summed E-state index contributed by atoms with van der Waals surface area (Å²) in [6.07, 6.45) is 0. The lowest BCUT2D eigenvalue weighted by atomic mass is 10.1. The molecule has 0 spiro atoms. The van der Waals surface area contributed by atoms with Crippen molar-refractivity contribution in [2.45, 2.75) is 0 Å². The largest absolute Gasteiger partial charge is 0.298 e. The molecule has 0 aliphatic heterocycles. The highest BCUT2D eigenvalue weighted by molar-refractivity contribution is 14.1. The predicted molar refractivity (Wildman–Crippen MR) is 101 cm³/mol. The van der Waals surface area contributed by atoms with Gasteiger partial charge < -0.3 is 0 Å². The molecule has 0 saturated carbocycles. The SMILES string of the molecule is O=C(Nc1nc(-c2ccc(I)cc2)cs1)c1ccccc1[N+](=O)[O-]. The number of amides is 1. The number of nitro benzene ring substituents is 1. The van der Waals surface area contributed by atoms with Crippen molar-refractivity contribution in [1.82, 2.24) is 4.98 Å². The van der Waals surface area contributed by atoms with E-state index in [0.29, 0.717) is 5.13 Å². The molecule has 6 nitrogen and oxygen atoms in total. The van der Waals surface area contributed by atoms with Crippen LogP contribution in [0.15, 0.2) is 53.9 Å². The molecule has 0 saturated heterocycles. The molecule has 1 amide bonds. The first-order chi connectivity index (χ1) is 11.5. The Morgan fingerprint density at radius 3 is 2.58 bits per heavy atom. The number of nitrogens with one attached hydrogen (secondary N) is 1. The third-order valence-corrected chi connectivity index (χ3v) is 4.69. The third kappa shape index (κ3) is 3.60. The molecular formula is C16H10IN3O3S. The zero-order chi connectivity index (χ0) is 17.1. The molecule has 120 valence electrons. The van der Waals surface area contributed by atoms with Crippen LogP contribution in [-0.4, -0.2) is 15.8 Å². The molecule has 0 fully saturated rings. The van der Waals surface area contributed by atoms with Gasteiger partial charge in [0.15, 0.2) is 5.13 Å². The monoisotopic (exact) mass is 451 g/mol. The molecule has 8 heteroatoms. The Hall–Kier alpha value is -2.33. The van der Waals surface area contributed by atoms with Gasteiger partial charge >= 0.3 is 0 Å². The maximum atomic E-state index is 12.3. The van der Waals surface area contributed by atoms with E-state index in [4.69, 9.17) is 0 Å². The fraction of sp³-hybridized carbons (Fsp3) is 0. The zero-order valence-electron chi connectivity index (χ0n) is 12.1. The molecule has 0 aliphatic rings. The number of carbonyl (C=O) groups excluding carboxylic acids is 1. The Bertz CT molecular complexity index is 909. The molecule has 3 rings (SSSR count). The second-order valence-electron chi connectivity index (χ2n) is 4.77. The van der Waals surface area contributed by atoms with E-state index in [2.05, 4.69) is 32.9 Å². The van der Waals surface area contributed by atoms with E-state index in [1.54, 1.807) is 6.07 Å². The molecule has 0 atom stereocenters. The van der Waals surface area contributed by atoms with Crippen LogP contribution in [0, 0.1) is 13.7 Å². The molecule has 3 aromatic rings. The third-order valence-electron chi connectivity index (χ3n) is 3.21. The van der Waals surface area contributed by atoms with E-state index < -0.39 is 10.8 Å². The quantitative estimate of drug-likeness (QED) is 0.358. The number of hydrogen-bond donors (Lipinski definition) is 1. The molecule has 0 radical (unpaired) electrons. The van der Waals surface area contributed by atoms with Crippen LogP contribution in [-0.2, 0) is 0 Å². The van der Waals surface area contributed by atoms with Crippen LogP contribution in [0.25, 0.3) is 11.3 Å². The Morgan fingerprint density at radius 1 is 1.17 bits per heavy atom. The molecule has 0 bridgehead atoms. The molecule has 1 heterocycles. The molecule has 2 aromatic carbocycles. The minimum Gasteiger partial charge on any atom is -0.298 e. The number of benzene rings is 2. The van der Waals surface area contributed by atoms with E-state index in [0.717, 1.165) is 14.8 Å². The highest BCUT2D eigenvalue weighted by Crippen LogP contribution is 2.26. The van der Waals surface area contributed by atoms with Gasteiger partial charge in [-0.15, -0.1) is 11.3 Å². The predicted octanol–water partition coefficient (Wildman–Crippen LogP) is 4.58. The summed E-state index contributed by atoms with van der Waals surface area (Å²) in [6, 6.07) is 13.7. The lowest BCUT2D eigenvalue weighted by Gasteiger charge is -2.02. The summed E-state index contributed by atoms with van der Waals surface area (Å²) in [5.41, 5.74) is 1.46. The fourth-order valence-corrected chi connectivity index (χ4v) is 3.15. The van der Waals surface area contributed by atoms with Crippen LogP contribution in [0.1, 0.15) is 10.4 Å². The number of thiazole rings is 1. The highest BCUT2D eigenvalue weighted by atomic mass is 127. The van der Waals surface area contributed by atoms with E-state index >= 15 is 0 Å². The van der Waals surface area contributed by atoms with Crippen molar-refractivity contribution >= 4 is 50.7 Å². The fourth-order valence-electron chi connectivity index (χ4n) is 2.07. The van der Waals surface area contributed by atoms with Crippen molar-refractivity contribution in [1.29, 1.82) is 0 Å². The number of anilines is 1. The Kier molecular flexibility index (Phi) is 4.86. The Morgan fingerprint density at radius 2 is 1.88 bits per heavy atom. The van der Waals surface area contributed by atoms with Crippen molar-refractivity contribution in [3.8, 4) is 11.3 Å². The van der Waals surface area contributed by atoms with Crippen LogP contribution in [0.4, 0.5) is 10.8 Å². The van der Waals surface area contributed by atoms with Gasteiger partial charge in [-0.3, -0.25) is 20.2 Å². The number of nitrogens with zero attached hydrogens (tertiary/aromatic N) is 2. The number of aromatic nitrogens is 1. The van der Waals surface area contributed by atoms with Crippen molar-refractivity contribution in [2.24, 2.45) is 0 Å². The average Bonchev–Trinajstić information content (AvgIpc) is 3.04. The van der Waals surface area contributed by atoms with Crippen molar-refractivity contribution in [3.05, 3.63) is 73.2 Å². The van der Waals surface area contributed by atoms with Crippen LogP contribution < -0.4 is 5.32 Å². The molecule has 0 aliphatic carbocycles. The van der Waals surface area contributed by atoms with Crippen LogP contribution in [0.5, 0.6) is 0 Å². The number of hydrogen-bond acceptors (Lipinski definition) is 5. The smallest absolute Gasteiger partial charge is 0.282 e.